The van der Waals surface area contributed by atoms with Gasteiger partial charge in [0.2, 0.25) is 5.91 Å². The van der Waals surface area contributed by atoms with Gasteiger partial charge in [-0.1, -0.05) is 6.92 Å². The standard InChI is InChI=1S/C19H28N4O2S/c1-3-22-10-15-18(4-5-19(15,12-22)17(25)20-2)6-8-23(9-7-18)16(24)14-11-26-13-21-14/h11,13,15H,3-10,12H2,1-2H3,(H,20,25)/t15-,19+/m0/s1. The third-order valence-corrected chi connectivity index (χ3v) is 7.83. The van der Waals surface area contributed by atoms with Crippen LogP contribution in [0.3, 0.4) is 0 Å². The average molecular weight is 377 g/mol. The van der Waals surface area contributed by atoms with Crippen LogP contribution in [0.2, 0.25) is 0 Å². The molecule has 2 aliphatic heterocycles. The van der Waals surface area contributed by atoms with E-state index in [9.17, 15) is 9.59 Å². The number of piperidine rings is 1. The molecular formula is C19H28N4O2S. The Morgan fingerprint density at radius 3 is 2.69 bits per heavy atom. The lowest BCUT2D eigenvalue weighted by Gasteiger charge is -2.44. The number of carbonyl (C=O) groups is 2. The zero-order valence-corrected chi connectivity index (χ0v) is 16.5. The van der Waals surface area contributed by atoms with E-state index < -0.39 is 0 Å². The highest BCUT2D eigenvalue weighted by atomic mass is 32.1. The van der Waals surface area contributed by atoms with E-state index in [1.54, 1.807) is 12.6 Å². The summed E-state index contributed by atoms with van der Waals surface area (Å²) < 4.78 is 0. The van der Waals surface area contributed by atoms with Crippen molar-refractivity contribution in [3.05, 3.63) is 16.6 Å². The van der Waals surface area contributed by atoms with E-state index in [-0.39, 0.29) is 22.6 Å². The number of carbonyl (C=O) groups excluding carboxylic acids is 2. The summed E-state index contributed by atoms with van der Waals surface area (Å²) in [6, 6.07) is 0. The fourth-order valence-corrected chi connectivity index (χ4v) is 6.28. The SMILES string of the molecule is CCN1C[C@H]2C3(CCN(C(=O)c4cscn4)CC3)CC[C@@]2(C(=O)NC)C1. The molecule has 1 N–H and O–H groups in total. The van der Waals surface area contributed by atoms with Gasteiger partial charge in [-0.15, -0.1) is 11.3 Å². The first-order chi connectivity index (χ1) is 12.5. The second kappa shape index (κ2) is 6.60. The zero-order chi connectivity index (χ0) is 18.4. The first-order valence-electron chi connectivity index (χ1n) is 9.67. The van der Waals surface area contributed by atoms with Crippen LogP contribution in [0.4, 0.5) is 0 Å². The number of nitrogens with zero attached hydrogens (tertiary/aromatic N) is 3. The first kappa shape index (κ1) is 17.9. The highest BCUT2D eigenvalue weighted by Crippen LogP contribution is 2.62. The van der Waals surface area contributed by atoms with Crippen molar-refractivity contribution in [3.63, 3.8) is 0 Å². The number of fused-ring (bicyclic) bond motifs is 2. The monoisotopic (exact) mass is 376 g/mol. The molecule has 2 atom stereocenters. The fourth-order valence-electron chi connectivity index (χ4n) is 5.75. The van der Waals surface area contributed by atoms with Crippen molar-refractivity contribution in [2.75, 3.05) is 39.8 Å². The third kappa shape index (κ3) is 2.59. The maximum Gasteiger partial charge on any atom is 0.273 e. The molecule has 142 valence electrons. The van der Waals surface area contributed by atoms with Gasteiger partial charge in [-0.3, -0.25) is 9.59 Å². The lowest BCUT2D eigenvalue weighted by atomic mass is 9.65. The minimum absolute atomic E-state index is 0.0540. The van der Waals surface area contributed by atoms with Crippen molar-refractivity contribution >= 4 is 23.2 Å². The molecule has 3 heterocycles. The smallest absolute Gasteiger partial charge is 0.273 e. The molecule has 1 saturated carbocycles. The van der Waals surface area contributed by atoms with E-state index in [4.69, 9.17) is 0 Å². The molecular weight excluding hydrogens is 348 g/mol. The molecule has 3 aliphatic rings. The minimum Gasteiger partial charge on any atom is -0.359 e. The Morgan fingerprint density at radius 2 is 2.08 bits per heavy atom. The highest BCUT2D eigenvalue weighted by Gasteiger charge is 2.63. The Morgan fingerprint density at radius 1 is 1.31 bits per heavy atom. The summed E-state index contributed by atoms with van der Waals surface area (Å²) in [6.07, 6.45) is 4.10. The number of nitrogens with one attached hydrogen (secondary N) is 1. The highest BCUT2D eigenvalue weighted by molar-refractivity contribution is 7.07. The largest absolute Gasteiger partial charge is 0.359 e. The lowest BCUT2D eigenvalue weighted by molar-refractivity contribution is -0.132. The van der Waals surface area contributed by atoms with Crippen LogP contribution in [0.1, 0.15) is 43.1 Å². The molecule has 3 fully saturated rings. The van der Waals surface area contributed by atoms with Crippen molar-refractivity contribution in [3.8, 4) is 0 Å². The summed E-state index contributed by atoms with van der Waals surface area (Å²) in [6.45, 7) is 6.65. The van der Waals surface area contributed by atoms with Gasteiger partial charge in [-0.2, -0.15) is 0 Å². The van der Waals surface area contributed by atoms with E-state index in [1.807, 2.05) is 10.3 Å². The third-order valence-electron chi connectivity index (χ3n) is 7.25. The molecule has 1 aliphatic carbocycles. The molecule has 0 radical (unpaired) electrons. The second-order valence-electron chi connectivity index (χ2n) is 8.14. The summed E-state index contributed by atoms with van der Waals surface area (Å²) in [5.74, 6) is 0.681. The van der Waals surface area contributed by atoms with Gasteiger partial charge in [0.05, 0.1) is 10.9 Å². The van der Waals surface area contributed by atoms with Crippen LogP contribution in [0.25, 0.3) is 0 Å². The molecule has 0 aromatic carbocycles. The van der Waals surface area contributed by atoms with Gasteiger partial charge < -0.3 is 15.1 Å². The normalized spacial score (nSPS) is 30.5. The van der Waals surface area contributed by atoms with Crippen molar-refractivity contribution in [2.45, 2.75) is 32.6 Å². The molecule has 7 heteroatoms. The molecule has 0 bridgehead atoms. The number of likely N-dealkylation sites (tertiary alicyclic amines) is 2. The Hall–Kier alpha value is -1.47. The number of amides is 2. The molecule has 2 amide bonds. The van der Waals surface area contributed by atoms with Crippen LogP contribution in [0, 0.1) is 16.7 Å². The number of hydrogen-bond acceptors (Lipinski definition) is 5. The summed E-state index contributed by atoms with van der Waals surface area (Å²) in [4.78, 5) is 34.0. The van der Waals surface area contributed by atoms with Gasteiger partial charge in [0, 0.05) is 38.6 Å². The van der Waals surface area contributed by atoms with Gasteiger partial charge in [-0.05, 0) is 43.6 Å². The van der Waals surface area contributed by atoms with E-state index in [2.05, 4.69) is 22.1 Å². The molecule has 0 unspecified atom stereocenters. The number of hydrogen-bond donors (Lipinski definition) is 1. The van der Waals surface area contributed by atoms with E-state index in [0.29, 0.717) is 11.6 Å². The van der Waals surface area contributed by atoms with Gasteiger partial charge in [0.15, 0.2) is 0 Å². The predicted octanol–water partition coefficient (Wildman–Crippen LogP) is 1.84. The van der Waals surface area contributed by atoms with Crippen molar-refractivity contribution in [1.82, 2.24) is 20.1 Å². The Kier molecular flexibility index (Phi) is 4.55. The summed E-state index contributed by atoms with van der Waals surface area (Å²) >= 11 is 1.46. The second-order valence-corrected chi connectivity index (χ2v) is 8.86. The fraction of sp³-hybridized carbons (Fsp3) is 0.737. The molecule has 4 rings (SSSR count). The average Bonchev–Trinajstić information content (AvgIpc) is 3.38. The molecule has 2 saturated heterocycles. The Bertz CT molecular complexity index is 684. The van der Waals surface area contributed by atoms with Gasteiger partial charge in [0.25, 0.3) is 5.91 Å². The first-order valence-corrected chi connectivity index (χ1v) is 10.6. The van der Waals surface area contributed by atoms with Crippen LogP contribution >= 0.6 is 11.3 Å². The summed E-state index contributed by atoms with van der Waals surface area (Å²) in [5.41, 5.74) is 2.25. The molecule has 1 spiro atoms. The number of aromatic nitrogens is 1. The predicted molar refractivity (Wildman–Crippen MR) is 101 cm³/mol. The summed E-state index contributed by atoms with van der Waals surface area (Å²) in [5, 5.41) is 4.77. The maximum absolute atomic E-state index is 12.8. The number of thiazole rings is 1. The van der Waals surface area contributed by atoms with Crippen LogP contribution in [-0.4, -0.2) is 66.4 Å². The topological polar surface area (TPSA) is 65.5 Å². The Balaban J connectivity index is 1.52. The summed E-state index contributed by atoms with van der Waals surface area (Å²) in [7, 11) is 1.77. The Labute approximate surface area is 159 Å². The zero-order valence-electron chi connectivity index (χ0n) is 15.7. The molecule has 1 aromatic rings. The van der Waals surface area contributed by atoms with E-state index in [0.717, 1.165) is 58.4 Å². The van der Waals surface area contributed by atoms with Gasteiger partial charge >= 0.3 is 0 Å². The van der Waals surface area contributed by atoms with Gasteiger partial charge in [-0.25, -0.2) is 4.98 Å². The van der Waals surface area contributed by atoms with Crippen molar-refractivity contribution in [2.24, 2.45) is 16.7 Å². The quantitative estimate of drug-likeness (QED) is 0.874. The van der Waals surface area contributed by atoms with E-state index in [1.165, 1.54) is 11.3 Å². The van der Waals surface area contributed by atoms with Crippen LogP contribution in [0.15, 0.2) is 10.9 Å². The van der Waals surface area contributed by atoms with Crippen molar-refractivity contribution in [1.29, 1.82) is 0 Å². The molecule has 26 heavy (non-hydrogen) atoms. The van der Waals surface area contributed by atoms with Gasteiger partial charge in [0.1, 0.15) is 5.69 Å². The lowest BCUT2D eigenvalue weighted by Crippen LogP contribution is -2.49. The van der Waals surface area contributed by atoms with E-state index >= 15 is 0 Å². The van der Waals surface area contributed by atoms with Crippen LogP contribution in [0.5, 0.6) is 0 Å². The number of rotatable bonds is 3. The van der Waals surface area contributed by atoms with Crippen LogP contribution in [-0.2, 0) is 4.79 Å². The molecule has 6 nitrogen and oxygen atoms in total. The minimum atomic E-state index is -0.230. The van der Waals surface area contributed by atoms with Crippen LogP contribution < -0.4 is 5.32 Å². The maximum atomic E-state index is 12.8. The van der Waals surface area contributed by atoms with Crippen molar-refractivity contribution < 1.29 is 9.59 Å². The molecule has 1 aromatic heterocycles.